The van der Waals surface area contributed by atoms with Crippen molar-refractivity contribution >= 4 is 40.9 Å². The van der Waals surface area contributed by atoms with Crippen molar-refractivity contribution in [2.24, 2.45) is 0 Å². The molecule has 10 heteroatoms. The van der Waals surface area contributed by atoms with E-state index in [1.807, 2.05) is 0 Å². The van der Waals surface area contributed by atoms with Gasteiger partial charge >= 0.3 is 0 Å². The molecular formula is C28H34Cl2FN3O4. The van der Waals surface area contributed by atoms with Crippen molar-refractivity contribution < 1.29 is 23.5 Å². The summed E-state index contributed by atoms with van der Waals surface area (Å²) in [5.41, 5.74) is 0.472. The summed E-state index contributed by atoms with van der Waals surface area (Å²) in [4.78, 5) is 44.1. The standard InChI is InChI=1S/C28H34Cl2FN3O4/c1-19-27(36)32(2)13-4-5-14-34(26(35)18-21-23(30)9-8-10-24(21)31)15-6-7-16-38-25-12-11-20(29)17-22(25)28(37)33(19)3/h8-12,17,19H,4-7,13-16,18H2,1-3H3/t19-/m0/s1. The van der Waals surface area contributed by atoms with Crippen molar-refractivity contribution in [2.45, 2.75) is 45.1 Å². The number of carbonyl (C=O) groups is 3. The van der Waals surface area contributed by atoms with Crippen LogP contribution in [0.4, 0.5) is 4.39 Å². The molecule has 2 aromatic rings. The average molecular weight is 567 g/mol. The summed E-state index contributed by atoms with van der Waals surface area (Å²) in [7, 11) is 3.28. The molecule has 3 amide bonds. The van der Waals surface area contributed by atoms with E-state index in [1.54, 1.807) is 55.1 Å². The number of hydrogen-bond donors (Lipinski definition) is 0. The molecule has 0 bridgehead atoms. The van der Waals surface area contributed by atoms with Gasteiger partial charge in [-0.15, -0.1) is 0 Å². The maximum absolute atomic E-state index is 14.3. The lowest BCUT2D eigenvalue weighted by Crippen LogP contribution is -2.47. The van der Waals surface area contributed by atoms with E-state index in [1.165, 1.54) is 17.0 Å². The van der Waals surface area contributed by atoms with Gasteiger partial charge in [0.15, 0.2) is 0 Å². The lowest BCUT2D eigenvalue weighted by atomic mass is 10.1. The zero-order chi connectivity index (χ0) is 27.8. The van der Waals surface area contributed by atoms with Crippen LogP contribution in [0.25, 0.3) is 0 Å². The van der Waals surface area contributed by atoms with Crippen LogP contribution in [0.15, 0.2) is 36.4 Å². The minimum Gasteiger partial charge on any atom is -0.493 e. The summed E-state index contributed by atoms with van der Waals surface area (Å²) in [6.07, 6.45) is 2.49. The van der Waals surface area contributed by atoms with Gasteiger partial charge in [0, 0.05) is 49.3 Å². The van der Waals surface area contributed by atoms with Gasteiger partial charge in [0.1, 0.15) is 17.6 Å². The fourth-order valence-corrected chi connectivity index (χ4v) is 4.72. The van der Waals surface area contributed by atoms with Crippen LogP contribution in [0.3, 0.4) is 0 Å². The minimum absolute atomic E-state index is 0.125. The van der Waals surface area contributed by atoms with E-state index < -0.39 is 11.9 Å². The monoisotopic (exact) mass is 565 g/mol. The molecule has 1 aliphatic rings. The molecular weight excluding hydrogens is 532 g/mol. The number of halogens is 3. The quantitative estimate of drug-likeness (QED) is 0.509. The molecule has 0 radical (unpaired) electrons. The van der Waals surface area contributed by atoms with Crippen LogP contribution < -0.4 is 4.74 Å². The first kappa shape index (κ1) is 29.7. The molecule has 1 heterocycles. The Morgan fingerprint density at radius 1 is 1.03 bits per heavy atom. The highest BCUT2D eigenvalue weighted by Gasteiger charge is 2.28. The number of ether oxygens (including phenoxy) is 1. The molecule has 0 aliphatic carbocycles. The third-order valence-corrected chi connectivity index (χ3v) is 7.39. The maximum Gasteiger partial charge on any atom is 0.258 e. The number of fused-ring (bicyclic) bond motifs is 1. The van der Waals surface area contributed by atoms with Crippen LogP contribution in [0.2, 0.25) is 10.0 Å². The molecule has 3 rings (SSSR count). The largest absolute Gasteiger partial charge is 0.493 e. The number of carbonyl (C=O) groups excluding carboxylic acids is 3. The zero-order valence-electron chi connectivity index (χ0n) is 22.0. The Labute approximate surface area is 233 Å². The van der Waals surface area contributed by atoms with Crippen molar-refractivity contribution in [2.75, 3.05) is 40.3 Å². The number of amides is 3. The predicted molar refractivity (Wildman–Crippen MR) is 146 cm³/mol. The normalized spacial score (nSPS) is 18.6. The van der Waals surface area contributed by atoms with Crippen molar-refractivity contribution in [1.29, 1.82) is 0 Å². The smallest absolute Gasteiger partial charge is 0.258 e. The van der Waals surface area contributed by atoms with Gasteiger partial charge in [0.25, 0.3) is 5.91 Å². The van der Waals surface area contributed by atoms with Gasteiger partial charge in [-0.3, -0.25) is 14.4 Å². The second-order valence-electron chi connectivity index (χ2n) is 9.51. The molecule has 1 atom stereocenters. The van der Waals surface area contributed by atoms with Gasteiger partial charge < -0.3 is 19.4 Å². The molecule has 1 aliphatic heterocycles. The van der Waals surface area contributed by atoms with Gasteiger partial charge in [0.05, 0.1) is 18.6 Å². The fourth-order valence-electron chi connectivity index (χ4n) is 4.32. The molecule has 0 fully saturated rings. The lowest BCUT2D eigenvalue weighted by Gasteiger charge is -2.29. The van der Waals surface area contributed by atoms with Gasteiger partial charge in [-0.25, -0.2) is 4.39 Å². The average Bonchev–Trinajstić information content (AvgIpc) is 2.90. The molecule has 38 heavy (non-hydrogen) atoms. The SMILES string of the molecule is C[C@H]1C(=O)N(C)CCCCN(C(=O)Cc2c(F)cccc2Cl)CCCCOc2ccc(Cl)cc2C(=O)N1C. The molecule has 0 unspecified atom stereocenters. The van der Waals surface area contributed by atoms with E-state index >= 15 is 0 Å². The summed E-state index contributed by atoms with van der Waals surface area (Å²) < 4.78 is 20.2. The van der Waals surface area contributed by atoms with E-state index in [0.29, 0.717) is 62.7 Å². The first-order valence-corrected chi connectivity index (χ1v) is 13.5. The van der Waals surface area contributed by atoms with Crippen LogP contribution in [0.1, 0.15) is 48.5 Å². The highest BCUT2D eigenvalue weighted by atomic mass is 35.5. The maximum atomic E-state index is 14.3. The van der Waals surface area contributed by atoms with Crippen molar-refractivity contribution in [3.8, 4) is 5.75 Å². The summed E-state index contributed by atoms with van der Waals surface area (Å²) in [6.45, 7) is 3.42. The van der Waals surface area contributed by atoms with Crippen LogP contribution in [-0.4, -0.2) is 78.8 Å². The third-order valence-electron chi connectivity index (χ3n) is 6.80. The Bertz CT molecular complexity index is 1140. The molecule has 2 aromatic carbocycles. The summed E-state index contributed by atoms with van der Waals surface area (Å²) in [5.74, 6) is -0.884. The van der Waals surface area contributed by atoms with Gasteiger partial charge in [0.2, 0.25) is 11.8 Å². The highest BCUT2D eigenvalue weighted by molar-refractivity contribution is 6.31. The van der Waals surface area contributed by atoms with E-state index in [-0.39, 0.29) is 40.3 Å². The van der Waals surface area contributed by atoms with Crippen LogP contribution in [-0.2, 0) is 16.0 Å². The highest BCUT2D eigenvalue weighted by Crippen LogP contribution is 2.26. The van der Waals surface area contributed by atoms with E-state index in [4.69, 9.17) is 27.9 Å². The van der Waals surface area contributed by atoms with E-state index in [9.17, 15) is 18.8 Å². The number of nitrogens with zero attached hydrogens (tertiary/aromatic N) is 3. The minimum atomic E-state index is -0.696. The summed E-state index contributed by atoms with van der Waals surface area (Å²) in [6, 6.07) is 8.51. The van der Waals surface area contributed by atoms with E-state index in [0.717, 1.165) is 0 Å². The molecule has 0 N–H and O–H groups in total. The first-order valence-electron chi connectivity index (χ1n) is 12.7. The Balaban J connectivity index is 1.78. The number of benzene rings is 2. The van der Waals surface area contributed by atoms with Crippen LogP contribution >= 0.6 is 23.2 Å². The Morgan fingerprint density at radius 2 is 1.71 bits per heavy atom. The zero-order valence-corrected chi connectivity index (χ0v) is 23.5. The number of rotatable bonds is 2. The third kappa shape index (κ3) is 7.60. The second kappa shape index (κ2) is 13.8. The second-order valence-corrected chi connectivity index (χ2v) is 10.4. The first-order chi connectivity index (χ1) is 18.1. The summed E-state index contributed by atoms with van der Waals surface area (Å²) in [5, 5.41) is 0.616. The van der Waals surface area contributed by atoms with Crippen LogP contribution in [0, 0.1) is 5.82 Å². The molecule has 206 valence electrons. The van der Waals surface area contributed by atoms with Gasteiger partial charge in [-0.1, -0.05) is 29.3 Å². The lowest BCUT2D eigenvalue weighted by molar-refractivity contribution is -0.134. The fraction of sp³-hybridized carbons (Fsp3) is 0.464. The number of hydrogen-bond acceptors (Lipinski definition) is 4. The topological polar surface area (TPSA) is 70.2 Å². The predicted octanol–water partition coefficient (Wildman–Crippen LogP) is 5.08. The Hall–Kier alpha value is -2.84. The molecule has 0 saturated heterocycles. The summed E-state index contributed by atoms with van der Waals surface area (Å²) >= 11 is 12.3. The Morgan fingerprint density at radius 3 is 2.42 bits per heavy atom. The molecule has 7 nitrogen and oxygen atoms in total. The molecule has 0 spiro atoms. The van der Waals surface area contributed by atoms with Crippen LogP contribution in [0.5, 0.6) is 5.75 Å². The number of likely N-dealkylation sites (N-methyl/N-ethyl adjacent to an activating group) is 2. The molecule has 0 aromatic heterocycles. The van der Waals surface area contributed by atoms with Gasteiger partial charge in [-0.2, -0.15) is 0 Å². The van der Waals surface area contributed by atoms with Gasteiger partial charge in [-0.05, 0) is 62.9 Å². The molecule has 0 saturated carbocycles. The van der Waals surface area contributed by atoms with Crippen molar-refractivity contribution in [3.63, 3.8) is 0 Å². The van der Waals surface area contributed by atoms with Crippen molar-refractivity contribution in [1.82, 2.24) is 14.7 Å². The van der Waals surface area contributed by atoms with Crippen molar-refractivity contribution in [3.05, 3.63) is 63.4 Å². The van der Waals surface area contributed by atoms with E-state index in [2.05, 4.69) is 0 Å². The Kier molecular flexibility index (Phi) is 10.8.